The van der Waals surface area contributed by atoms with Crippen LogP contribution in [-0.2, 0) is 4.79 Å². The lowest BCUT2D eigenvalue weighted by Crippen LogP contribution is -2.52. The molecule has 2 atom stereocenters. The van der Waals surface area contributed by atoms with Crippen molar-refractivity contribution >= 4 is 17.2 Å². The Kier molecular flexibility index (Phi) is 5.15. The molecule has 0 aliphatic heterocycles. The van der Waals surface area contributed by atoms with E-state index in [4.69, 9.17) is 5.73 Å². The summed E-state index contributed by atoms with van der Waals surface area (Å²) in [7, 11) is 0. The van der Waals surface area contributed by atoms with Crippen LogP contribution in [0.15, 0.2) is 17.5 Å². The summed E-state index contributed by atoms with van der Waals surface area (Å²) in [5.41, 5.74) is 5.25. The molecule has 3 nitrogen and oxygen atoms in total. The normalized spacial score (nSPS) is 16.2. The van der Waals surface area contributed by atoms with E-state index in [2.05, 4.69) is 12.2 Å². The van der Waals surface area contributed by atoms with Crippen molar-refractivity contribution in [2.24, 2.45) is 5.73 Å². The Balaban J connectivity index is 2.66. The van der Waals surface area contributed by atoms with Crippen LogP contribution in [0.25, 0.3) is 0 Å². The Morgan fingerprint density at radius 3 is 2.76 bits per heavy atom. The quantitative estimate of drug-likeness (QED) is 0.820. The summed E-state index contributed by atoms with van der Waals surface area (Å²) < 4.78 is 0. The van der Waals surface area contributed by atoms with Gasteiger partial charge in [-0.1, -0.05) is 26.3 Å². The SMILES string of the molecule is CCCC(C)(N)C(=O)NC(CC)c1cccs1. The molecule has 17 heavy (non-hydrogen) atoms. The van der Waals surface area contributed by atoms with Gasteiger partial charge in [-0.05, 0) is 31.2 Å². The number of carbonyl (C=O) groups excluding carboxylic acids is 1. The standard InChI is InChI=1S/C13H22N2OS/c1-4-8-13(3,14)12(16)15-10(5-2)11-7-6-9-17-11/h6-7,9-10H,4-5,8,14H2,1-3H3,(H,15,16). The van der Waals surface area contributed by atoms with Crippen molar-refractivity contribution in [3.63, 3.8) is 0 Å². The van der Waals surface area contributed by atoms with Gasteiger partial charge in [0.25, 0.3) is 0 Å². The monoisotopic (exact) mass is 254 g/mol. The lowest BCUT2D eigenvalue weighted by atomic mass is 9.96. The van der Waals surface area contributed by atoms with E-state index in [1.165, 1.54) is 4.88 Å². The molecule has 1 rings (SSSR count). The molecule has 96 valence electrons. The van der Waals surface area contributed by atoms with E-state index in [0.29, 0.717) is 6.42 Å². The summed E-state index contributed by atoms with van der Waals surface area (Å²) in [6.45, 7) is 5.90. The van der Waals surface area contributed by atoms with Crippen LogP contribution < -0.4 is 11.1 Å². The molecule has 0 fully saturated rings. The third-order valence-electron chi connectivity index (χ3n) is 2.89. The maximum atomic E-state index is 12.1. The molecule has 1 heterocycles. The predicted molar refractivity (Wildman–Crippen MR) is 73.0 cm³/mol. The van der Waals surface area contributed by atoms with Gasteiger partial charge in [-0.15, -0.1) is 11.3 Å². The second kappa shape index (κ2) is 6.17. The summed E-state index contributed by atoms with van der Waals surface area (Å²) in [4.78, 5) is 13.3. The molecule has 0 aromatic carbocycles. The third-order valence-corrected chi connectivity index (χ3v) is 3.87. The van der Waals surface area contributed by atoms with E-state index in [1.807, 2.05) is 24.4 Å². The zero-order chi connectivity index (χ0) is 12.9. The van der Waals surface area contributed by atoms with Crippen LogP contribution in [0.5, 0.6) is 0 Å². The van der Waals surface area contributed by atoms with Crippen molar-refractivity contribution in [3.05, 3.63) is 22.4 Å². The lowest BCUT2D eigenvalue weighted by Gasteiger charge is -2.26. The number of nitrogens with two attached hydrogens (primary N) is 1. The molecule has 1 aromatic rings. The second-order valence-corrected chi connectivity index (χ2v) is 5.60. The first-order chi connectivity index (χ1) is 8.01. The molecule has 1 amide bonds. The number of amides is 1. The van der Waals surface area contributed by atoms with Gasteiger partial charge < -0.3 is 11.1 Å². The van der Waals surface area contributed by atoms with Crippen molar-refractivity contribution in [1.29, 1.82) is 0 Å². The molecule has 0 aliphatic rings. The largest absolute Gasteiger partial charge is 0.347 e. The summed E-state index contributed by atoms with van der Waals surface area (Å²) in [5, 5.41) is 5.07. The van der Waals surface area contributed by atoms with Crippen LogP contribution in [0.4, 0.5) is 0 Å². The van der Waals surface area contributed by atoms with Gasteiger partial charge in [0.15, 0.2) is 0 Å². The molecular weight excluding hydrogens is 232 g/mol. The molecule has 0 aliphatic carbocycles. The molecular formula is C13H22N2OS. The van der Waals surface area contributed by atoms with E-state index in [-0.39, 0.29) is 11.9 Å². The number of thiophene rings is 1. The highest BCUT2D eigenvalue weighted by Crippen LogP contribution is 2.22. The Labute approximate surface area is 107 Å². The maximum absolute atomic E-state index is 12.1. The first-order valence-electron chi connectivity index (χ1n) is 6.14. The van der Waals surface area contributed by atoms with Gasteiger partial charge >= 0.3 is 0 Å². The Bertz CT molecular complexity index is 346. The Morgan fingerprint density at radius 1 is 1.59 bits per heavy atom. The van der Waals surface area contributed by atoms with Gasteiger partial charge in [-0.2, -0.15) is 0 Å². The van der Waals surface area contributed by atoms with Gasteiger partial charge in [-0.3, -0.25) is 4.79 Å². The fourth-order valence-corrected chi connectivity index (χ4v) is 2.68. The number of hydrogen-bond acceptors (Lipinski definition) is 3. The highest BCUT2D eigenvalue weighted by Gasteiger charge is 2.29. The van der Waals surface area contributed by atoms with Crippen molar-refractivity contribution < 1.29 is 4.79 Å². The van der Waals surface area contributed by atoms with Crippen LogP contribution in [0.1, 0.15) is 51.0 Å². The Morgan fingerprint density at radius 2 is 2.29 bits per heavy atom. The zero-order valence-corrected chi connectivity index (χ0v) is 11.6. The van der Waals surface area contributed by atoms with Crippen molar-refractivity contribution in [3.8, 4) is 0 Å². The maximum Gasteiger partial charge on any atom is 0.240 e. The molecule has 3 N–H and O–H groups in total. The Hall–Kier alpha value is -0.870. The van der Waals surface area contributed by atoms with E-state index in [1.54, 1.807) is 18.3 Å². The lowest BCUT2D eigenvalue weighted by molar-refractivity contribution is -0.126. The molecule has 0 bridgehead atoms. The van der Waals surface area contributed by atoms with Gasteiger partial charge in [0, 0.05) is 4.88 Å². The smallest absolute Gasteiger partial charge is 0.240 e. The minimum Gasteiger partial charge on any atom is -0.347 e. The first-order valence-corrected chi connectivity index (χ1v) is 7.02. The first kappa shape index (κ1) is 14.2. The molecule has 4 heteroatoms. The van der Waals surface area contributed by atoms with Crippen molar-refractivity contribution in [2.45, 2.75) is 51.6 Å². The second-order valence-electron chi connectivity index (χ2n) is 4.62. The summed E-state index contributed by atoms with van der Waals surface area (Å²) in [6, 6.07) is 4.14. The molecule has 0 radical (unpaired) electrons. The van der Waals surface area contributed by atoms with Crippen molar-refractivity contribution in [1.82, 2.24) is 5.32 Å². The van der Waals surface area contributed by atoms with Gasteiger partial charge in [0.05, 0.1) is 11.6 Å². The van der Waals surface area contributed by atoms with Gasteiger partial charge in [0.1, 0.15) is 0 Å². The number of hydrogen-bond donors (Lipinski definition) is 2. The fourth-order valence-electron chi connectivity index (χ4n) is 1.82. The van der Waals surface area contributed by atoms with E-state index >= 15 is 0 Å². The molecule has 2 unspecified atom stereocenters. The third kappa shape index (κ3) is 3.82. The number of nitrogens with one attached hydrogen (secondary N) is 1. The minimum absolute atomic E-state index is 0.0559. The fraction of sp³-hybridized carbons (Fsp3) is 0.615. The minimum atomic E-state index is -0.764. The molecule has 1 aromatic heterocycles. The highest BCUT2D eigenvalue weighted by atomic mass is 32.1. The predicted octanol–water partition coefficient (Wildman–Crippen LogP) is 2.83. The number of carbonyl (C=O) groups is 1. The van der Waals surface area contributed by atoms with Crippen LogP contribution in [0, 0.1) is 0 Å². The van der Waals surface area contributed by atoms with Gasteiger partial charge in [-0.25, -0.2) is 0 Å². The van der Waals surface area contributed by atoms with Gasteiger partial charge in [0.2, 0.25) is 5.91 Å². The number of rotatable bonds is 6. The van der Waals surface area contributed by atoms with Crippen molar-refractivity contribution in [2.75, 3.05) is 0 Å². The average molecular weight is 254 g/mol. The van der Waals surface area contributed by atoms with Crippen LogP contribution >= 0.6 is 11.3 Å². The van der Waals surface area contributed by atoms with E-state index < -0.39 is 5.54 Å². The van der Waals surface area contributed by atoms with Crippen LogP contribution in [-0.4, -0.2) is 11.4 Å². The zero-order valence-electron chi connectivity index (χ0n) is 10.8. The average Bonchev–Trinajstić information content (AvgIpc) is 2.78. The molecule has 0 saturated heterocycles. The summed E-state index contributed by atoms with van der Waals surface area (Å²) >= 11 is 1.67. The summed E-state index contributed by atoms with van der Waals surface area (Å²) in [5.74, 6) is -0.0559. The topological polar surface area (TPSA) is 55.1 Å². The summed E-state index contributed by atoms with van der Waals surface area (Å²) in [6.07, 6.45) is 2.50. The molecule has 0 spiro atoms. The van der Waals surface area contributed by atoms with E-state index in [0.717, 1.165) is 12.8 Å². The van der Waals surface area contributed by atoms with E-state index in [9.17, 15) is 4.79 Å². The van der Waals surface area contributed by atoms with Crippen LogP contribution in [0.3, 0.4) is 0 Å². The highest BCUT2D eigenvalue weighted by molar-refractivity contribution is 7.10. The molecule has 0 saturated carbocycles. The van der Waals surface area contributed by atoms with Crippen LogP contribution in [0.2, 0.25) is 0 Å².